The van der Waals surface area contributed by atoms with Gasteiger partial charge >= 0.3 is 0 Å². The summed E-state index contributed by atoms with van der Waals surface area (Å²) >= 11 is 6.33. The molecule has 0 saturated carbocycles. The van der Waals surface area contributed by atoms with Crippen molar-refractivity contribution in [3.05, 3.63) is 28.4 Å². The lowest BCUT2D eigenvalue weighted by atomic mass is 9.98. The predicted octanol–water partition coefficient (Wildman–Crippen LogP) is 5.32. The molecule has 1 aliphatic heterocycles. The van der Waals surface area contributed by atoms with Crippen LogP contribution in [-0.2, 0) is 7.05 Å². The second-order valence-corrected chi connectivity index (χ2v) is 5.55. The third-order valence-corrected chi connectivity index (χ3v) is 4.29. The summed E-state index contributed by atoms with van der Waals surface area (Å²) in [5.41, 5.74) is 5.24. The molecule has 0 saturated heterocycles. The van der Waals surface area contributed by atoms with Crippen LogP contribution < -0.4 is 4.90 Å². The summed E-state index contributed by atoms with van der Waals surface area (Å²) in [6.07, 6.45) is 0. The number of imidazole rings is 1. The highest BCUT2D eigenvalue weighted by Crippen LogP contribution is 2.46. The number of hydrogen-bond donors (Lipinski definition) is 0. The minimum absolute atomic E-state index is 0.232. The molecule has 0 aliphatic carbocycles. The zero-order valence-corrected chi connectivity index (χ0v) is 16.6. The van der Waals surface area contributed by atoms with Crippen molar-refractivity contribution in [2.24, 2.45) is 7.05 Å². The van der Waals surface area contributed by atoms with Gasteiger partial charge in [0.05, 0.1) is 23.1 Å². The second-order valence-electron chi connectivity index (χ2n) is 5.19. The van der Waals surface area contributed by atoms with Gasteiger partial charge in [-0.25, -0.2) is 9.97 Å². The molecule has 2 aromatic heterocycles. The Bertz CT molecular complexity index is 676. The Morgan fingerprint density at radius 3 is 2.17 bits per heavy atom. The highest BCUT2D eigenvalue weighted by atomic mass is 35.5. The van der Waals surface area contributed by atoms with Crippen LogP contribution in [0.5, 0.6) is 0 Å². The lowest BCUT2D eigenvalue weighted by Crippen LogP contribution is -2.28. The summed E-state index contributed by atoms with van der Waals surface area (Å²) in [6.45, 7) is 14.2. The van der Waals surface area contributed by atoms with Gasteiger partial charge in [-0.1, -0.05) is 39.3 Å². The van der Waals surface area contributed by atoms with E-state index < -0.39 is 0 Å². The van der Waals surface area contributed by atoms with E-state index >= 15 is 0 Å². The van der Waals surface area contributed by atoms with E-state index in [-0.39, 0.29) is 6.04 Å². The Balaban J connectivity index is 0.000000615. The fraction of sp³-hybridized carbons (Fsp3) is 0.556. The number of halogens is 1. The van der Waals surface area contributed by atoms with Crippen LogP contribution in [0.15, 0.2) is 6.07 Å². The molecule has 1 atom stereocenters. The minimum Gasteiger partial charge on any atom is -0.363 e. The van der Waals surface area contributed by atoms with Crippen LogP contribution in [0.1, 0.15) is 57.9 Å². The molecule has 5 heteroatoms. The van der Waals surface area contributed by atoms with Crippen molar-refractivity contribution in [3.8, 4) is 11.3 Å². The molecule has 128 valence electrons. The predicted molar refractivity (Wildman–Crippen MR) is 100 cm³/mol. The molecular formula is C18H29ClN4. The van der Waals surface area contributed by atoms with Gasteiger partial charge in [-0.05, 0) is 26.8 Å². The normalized spacial score (nSPS) is 14.9. The third kappa shape index (κ3) is 3.23. The first kappa shape index (κ1) is 19.5. The summed E-state index contributed by atoms with van der Waals surface area (Å²) < 4.78 is 2.16. The topological polar surface area (TPSA) is 34.0 Å². The highest BCUT2D eigenvalue weighted by molar-refractivity contribution is 6.33. The number of aromatic nitrogens is 3. The number of nitrogens with zero attached hydrogens (tertiary/aromatic N) is 4. The molecule has 1 unspecified atom stereocenters. The molecular weight excluding hydrogens is 308 g/mol. The molecule has 0 fully saturated rings. The molecule has 0 amide bonds. The van der Waals surface area contributed by atoms with Gasteiger partial charge in [0.15, 0.2) is 5.15 Å². The molecule has 0 radical (unpaired) electrons. The molecule has 1 aliphatic rings. The van der Waals surface area contributed by atoms with E-state index in [1.165, 1.54) is 5.69 Å². The van der Waals surface area contributed by atoms with Gasteiger partial charge in [0.1, 0.15) is 5.82 Å². The molecule has 4 nitrogen and oxygen atoms in total. The molecule has 0 bridgehead atoms. The number of pyridine rings is 1. The van der Waals surface area contributed by atoms with Gasteiger partial charge in [0.2, 0.25) is 0 Å². The first-order chi connectivity index (χ1) is 10.9. The highest BCUT2D eigenvalue weighted by Gasteiger charge is 2.32. The number of fused-ring (bicyclic) bond motifs is 3. The Hall–Kier alpha value is -1.55. The van der Waals surface area contributed by atoms with Crippen molar-refractivity contribution < 1.29 is 0 Å². The summed E-state index contributed by atoms with van der Waals surface area (Å²) in [5, 5.41) is 0.554. The molecule has 0 aromatic carbocycles. The maximum atomic E-state index is 6.33. The third-order valence-electron chi connectivity index (χ3n) is 4.03. The maximum Gasteiger partial charge on any atom is 0.153 e. The first-order valence-electron chi connectivity index (χ1n) is 8.35. The number of hydrogen-bond acceptors (Lipinski definition) is 3. The average Bonchev–Trinajstić information content (AvgIpc) is 2.84. The summed E-state index contributed by atoms with van der Waals surface area (Å²) in [6, 6.07) is 2.30. The molecule has 0 spiro atoms. The molecule has 2 aromatic rings. The van der Waals surface area contributed by atoms with Crippen LogP contribution in [0.25, 0.3) is 11.3 Å². The fourth-order valence-corrected chi connectivity index (χ4v) is 3.19. The molecule has 23 heavy (non-hydrogen) atoms. The lowest BCUT2D eigenvalue weighted by Gasteiger charge is -2.34. The van der Waals surface area contributed by atoms with Crippen LogP contribution in [0.3, 0.4) is 0 Å². The van der Waals surface area contributed by atoms with Crippen LogP contribution in [0.4, 0.5) is 5.69 Å². The second kappa shape index (κ2) is 7.82. The lowest BCUT2D eigenvalue weighted by molar-refractivity contribution is 0.657. The molecule has 3 rings (SSSR count). The van der Waals surface area contributed by atoms with E-state index in [4.69, 9.17) is 16.6 Å². The van der Waals surface area contributed by atoms with E-state index in [1.807, 2.05) is 41.5 Å². The quantitative estimate of drug-likeness (QED) is 0.611. The monoisotopic (exact) mass is 336 g/mol. The number of rotatable bonds is 0. The largest absolute Gasteiger partial charge is 0.363 e. The van der Waals surface area contributed by atoms with Crippen molar-refractivity contribution in [2.75, 3.05) is 11.9 Å². The Kier molecular flexibility index (Phi) is 6.63. The van der Waals surface area contributed by atoms with Crippen molar-refractivity contribution in [1.29, 1.82) is 0 Å². The average molecular weight is 337 g/mol. The van der Waals surface area contributed by atoms with Gasteiger partial charge in [0.25, 0.3) is 0 Å². The fourth-order valence-electron chi connectivity index (χ4n) is 2.83. The van der Waals surface area contributed by atoms with E-state index in [2.05, 4.69) is 41.5 Å². The van der Waals surface area contributed by atoms with Gasteiger partial charge in [-0.15, -0.1) is 0 Å². The summed E-state index contributed by atoms with van der Waals surface area (Å²) in [4.78, 5) is 11.2. The van der Waals surface area contributed by atoms with Gasteiger partial charge in [0, 0.05) is 25.4 Å². The molecule has 3 heterocycles. The zero-order chi connectivity index (χ0) is 17.9. The Labute approximate surface area is 145 Å². The zero-order valence-electron chi connectivity index (χ0n) is 15.8. The van der Waals surface area contributed by atoms with Crippen molar-refractivity contribution in [1.82, 2.24) is 14.5 Å². The van der Waals surface area contributed by atoms with Crippen LogP contribution in [0.2, 0.25) is 5.15 Å². The summed E-state index contributed by atoms with van der Waals surface area (Å²) in [7, 11) is 4.11. The van der Waals surface area contributed by atoms with Gasteiger partial charge in [-0.2, -0.15) is 0 Å². The number of anilines is 1. The molecule has 0 N–H and O–H groups in total. The maximum absolute atomic E-state index is 6.33. The Morgan fingerprint density at radius 2 is 1.61 bits per heavy atom. The smallest absolute Gasteiger partial charge is 0.153 e. The summed E-state index contributed by atoms with van der Waals surface area (Å²) in [5.74, 6) is 1.02. The van der Waals surface area contributed by atoms with Gasteiger partial charge < -0.3 is 9.47 Å². The minimum atomic E-state index is 0.232. The van der Waals surface area contributed by atoms with Crippen molar-refractivity contribution in [2.45, 2.75) is 54.5 Å². The Morgan fingerprint density at radius 1 is 1.04 bits per heavy atom. The van der Waals surface area contributed by atoms with Crippen LogP contribution in [0, 0.1) is 13.8 Å². The standard InChI is InChI=1S/C14H17ClN4.2C2H6/c1-7-6-10-11-12(19(5)9(3)17-11)8(2)18(4)13(10)14(15)16-7;2*1-2/h6,8H,1-5H3;2*1-2H3. The van der Waals surface area contributed by atoms with E-state index in [0.29, 0.717) is 5.15 Å². The van der Waals surface area contributed by atoms with Crippen LogP contribution >= 0.6 is 11.6 Å². The van der Waals surface area contributed by atoms with Crippen molar-refractivity contribution >= 4 is 17.3 Å². The van der Waals surface area contributed by atoms with E-state index in [9.17, 15) is 0 Å². The SMILES string of the molecule is CC.CC.Cc1cc2c(c(Cl)n1)N(C)C(C)c1c-2nc(C)n1C. The first-order valence-corrected chi connectivity index (χ1v) is 8.73. The number of aryl methyl sites for hydroxylation is 2. The van der Waals surface area contributed by atoms with E-state index in [1.54, 1.807) is 0 Å². The van der Waals surface area contributed by atoms with Gasteiger partial charge in [-0.3, -0.25) is 0 Å². The van der Waals surface area contributed by atoms with Crippen molar-refractivity contribution in [3.63, 3.8) is 0 Å². The van der Waals surface area contributed by atoms with Crippen LogP contribution in [-0.4, -0.2) is 21.6 Å². The van der Waals surface area contributed by atoms with E-state index in [0.717, 1.165) is 28.5 Å².